The third kappa shape index (κ3) is 4.98. The number of hydrogen-bond donors (Lipinski definition) is 1. The average molecular weight is 365 g/mol. The Morgan fingerprint density at radius 3 is 1.93 bits per heavy atom. The molecule has 0 bridgehead atoms. The summed E-state index contributed by atoms with van der Waals surface area (Å²) in [6.07, 6.45) is 4.91. The van der Waals surface area contributed by atoms with Crippen LogP contribution in [-0.4, -0.2) is 52.7 Å². The van der Waals surface area contributed by atoms with Gasteiger partial charge in [-0.3, -0.25) is 9.80 Å². The monoisotopic (exact) mass is 364 g/mol. The summed E-state index contributed by atoms with van der Waals surface area (Å²) in [6.45, 7) is 5.69. The van der Waals surface area contributed by atoms with E-state index in [1.54, 1.807) is 0 Å². The maximum atomic E-state index is 11.0. The van der Waals surface area contributed by atoms with E-state index in [-0.39, 0.29) is 0 Å². The molecule has 144 valence electrons. The van der Waals surface area contributed by atoms with Gasteiger partial charge in [-0.2, -0.15) is 0 Å². The van der Waals surface area contributed by atoms with Crippen molar-refractivity contribution in [2.24, 2.45) is 0 Å². The minimum atomic E-state index is -0.507. The number of nitrogens with zero attached hydrogens (tertiary/aromatic N) is 2. The molecule has 1 saturated carbocycles. The van der Waals surface area contributed by atoms with E-state index in [0.717, 1.165) is 64.8 Å². The fraction of sp³-hybridized carbons (Fsp3) is 0.500. The van der Waals surface area contributed by atoms with Gasteiger partial charge in [-0.25, -0.2) is 0 Å². The minimum absolute atomic E-state index is 0.507. The zero-order chi connectivity index (χ0) is 18.5. The molecule has 3 heteroatoms. The van der Waals surface area contributed by atoms with E-state index in [9.17, 15) is 5.11 Å². The van der Waals surface area contributed by atoms with Gasteiger partial charge in [0.25, 0.3) is 0 Å². The minimum Gasteiger partial charge on any atom is -0.390 e. The molecule has 2 aliphatic rings. The summed E-state index contributed by atoms with van der Waals surface area (Å²) in [6, 6.07) is 21.9. The van der Waals surface area contributed by atoms with E-state index in [2.05, 4.69) is 64.4 Å². The predicted molar refractivity (Wildman–Crippen MR) is 111 cm³/mol. The molecule has 2 aromatic rings. The molecule has 1 aliphatic carbocycles. The maximum Gasteiger partial charge on any atom is 0.0689 e. The summed E-state index contributed by atoms with van der Waals surface area (Å²) in [5.74, 6) is 0. The van der Waals surface area contributed by atoms with E-state index in [0.29, 0.717) is 6.04 Å². The van der Waals surface area contributed by atoms with Crippen LogP contribution in [0.3, 0.4) is 0 Å². The van der Waals surface area contributed by atoms with Gasteiger partial charge in [0.15, 0.2) is 0 Å². The molecule has 1 N–H and O–H groups in total. The molecule has 2 aromatic carbocycles. The van der Waals surface area contributed by atoms with Crippen LogP contribution < -0.4 is 0 Å². The highest BCUT2D eigenvalue weighted by molar-refractivity contribution is 5.17. The molecular formula is C24H32N2O. The van der Waals surface area contributed by atoms with Gasteiger partial charge in [-0.1, -0.05) is 60.7 Å². The normalized spacial score (nSPS) is 27.5. The summed E-state index contributed by atoms with van der Waals surface area (Å²) in [5.41, 5.74) is 2.16. The number of piperazine rings is 1. The van der Waals surface area contributed by atoms with Crippen molar-refractivity contribution in [3.8, 4) is 0 Å². The Labute approximate surface area is 163 Å². The number of benzene rings is 2. The van der Waals surface area contributed by atoms with Crippen LogP contribution in [0.25, 0.3) is 0 Å². The Kier molecular flexibility index (Phi) is 5.92. The van der Waals surface area contributed by atoms with Gasteiger partial charge >= 0.3 is 0 Å². The van der Waals surface area contributed by atoms with Crippen LogP contribution in [0.15, 0.2) is 60.7 Å². The Morgan fingerprint density at radius 1 is 0.778 bits per heavy atom. The summed E-state index contributed by atoms with van der Waals surface area (Å²) in [4.78, 5) is 5.24. The van der Waals surface area contributed by atoms with Crippen molar-refractivity contribution in [1.82, 2.24) is 9.80 Å². The first-order valence-electron chi connectivity index (χ1n) is 10.5. The van der Waals surface area contributed by atoms with E-state index in [1.165, 1.54) is 11.1 Å². The number of hydrogen-bond acceptors (Lipinski definition) is 3. The van der Waals surface area contributed by atoms with Crippen LogP contribution in [-0.2, 0) is 13.0 Å². The van der Waals surface area contributed by atoms with Crippen LogP contribution in [0.4, 0.5) is 0 Å². The van der Waals surface area contributed by atoms with E-state index < -0.39 is 5.60 Å². The number of aliphatic hydroxyl groups is 1. The lowest BCUT2D eigenvalue weighted by Gasteiger charge is -2.44. The molecule has 0 radical (unpaired) electrons. The smallest absolute Gasteiger partial charge is 0.0689 e. The first-order valence-corrected chi connectivity index (χ1v) is 10.5. The lowest BCUT2D eigenvalue weighted by Crippen LogP contribution is -2.52. The van der Waals surface area contributed by atoms with Gasteiger partial charge < -0.3 is 5.11 Å². The second-order valence-corrected chi connectivity index (χ2v) is 8.42. The van der Waals surface area contributed by atoms with Crippen molar-refractivity contribution in [2.75, 3.05) is 26.2 Å². The van der Waals surface area contributed by atoms with Crippen molar-refractivity contribution in [3.63, 3.8) is 0 Å². The van der Waals surface area contributed by atoms with Crippen molar-refractivity contribution in [3.05, 3.63) is 71.8 Å². The van der Waals surface area contributed by atoms with Gasteiger partial charge in [0.2, 0.25) is 0 Å². The Bertz CT molecular complexity index is 687. The highest BCUT2D eigenvalue weighted by atomic mass is 16.3. The molecule has 4 rings (SSSR count). The van der Waals surface area contributed by atoms with Gasteiger partial charge in [0, 0.05) is 45.2 Å². The molecule has 0 unspecified atom stereocenters. The van der Waals surface area contributed by atoms with Crippen LogP contribution in [0, 0.1) is 0 Å². The van der Waals surface area contributed by atoms with Crippen molar-refractivity contribution in [2.45, 2.75) is 50.3 Å². The molecule has 1 saturated heterocycles. The fourth-order valence-corrected chi connectivity index (χ4v) is 4.79. The molecule has 3 nitrogen and oxygen atoms in total. The van der Waals surface area contributed by atoms with Gasteiger partial charge in [0.05, 0.1) is 5.60 Å². The molecule has 2 fully saturated rings. The summed E-state index contributed by atoms with van der Waals surface area (Å²) >= 11 is 0. The SMILES string of the molecule is O[C@]1(Cc2ccccc2)CC[C@@H](N2CCN(Cc3ccccc3)CC2)CC1. The molecule has 1 aliphatic heterocycles. The van der Waals surface area contributed by atoms with Crippen LogP contribution in [0.2, 0.25) is 0 Å². The lowest BCUT2D eigenvalue weighted by atomic mass is 9.78. The second kappa shape index (κ2) is 8.55. The predicted octanol–water partition coefficient (Wildman–Crippen LogP) is 3.72. The Morgan fingerprint density at radius 2 is 1.33 bits per heavy atom. The maximum absolute atomic E-state index is 11.0. The zero-order valence-corrected chi connectivity index (χ0v) is 16.3. The molecular weight excluding hydrogens is 332 g/mol. The first-order chi connectivity index (χ1) is 13.2. The van der Waals surface area contributed by atoms with Crippen molar-refractivity contribution < 1.29 is 5.11 Å². The standard InChI is InChI=1S/C24H32N2O/c27-24(19-21-7-3-1-4-8-21)13-11-23(12-14-24)26-17-15-25(16-18-26)20-22-9-5-2-6-10-22/h1-10,23,27H,11-20H2/t23-,24-. The molecule has 0 amide bonds. The van der Waals surface area contributed by atoms with Crippen LogP contribution >= 0.6 is 0 Å². The second-order valence-electron chi connectivity index (χ2n) is 8.42. The largest absolute Gasteiger partial charge is 0.390 e. The van der Waals surface area contributed by atoms with Crippen molar-refractivity contribution in [1.29, 1.82) is 0 Å². The topological polar surface area (TPSA) is 26.7 Å². The van der Waals surface area contributed by atoms with Crippen molar-refractivity contribution >= 4 is 0 Å². The summed E-state index contributed by atoms with van der Waals surface area (Å²) in [5, 5.41) is 11.0. The van der Waals surface area contributed by atoms with Gasteiger partial charge in [-0.05, 0) is 36.8 Å². The van der Waals surface area contributed by atoms with Gasteiger partial charge in [0.1, 0.15) is 0 Å². The quantitative estimate of drug-likeness (QED) is 0.876. The third-order valence-electron chi connectivity index (χ3n) is 6.43. The van der Waals surface area contributed by atoms with E-state index >= 15 is 0 Å². The van der Waals surface area contributed by atoms with Crippen LogP contribution in [0.5, 0.6) is 0 Å². The highest BCUT2D eigenvalue weighted by Gasteiger charge is 2.36. The van der Waals surface area contributed by atoms with Gasteiger partial charge in [-0.15, -0.1) is 0 Å². The Balaban J connectivity index is 1.23. The fourth-order valence-electron chi connectivity index (χ4n) is 4.79. The molecule has 0 spiro atoms. The molecule has 27 heavy (non-hydrogen) atoms. The first kappa shape index (κ1) is 18.7. The van der Waals surface area contributed by atoms with Crippen LogP contribution in [0.1, 0.15) is 36.8 Å². The molecule has 1 heterocycles. The average Bonchev–Trinajstić information content (AvgIpc) is 2.71. The zero-order valence-electron chi connectivity index (χ0n) is 16.3. The third-order valence-corrected chi connectivity index (χ3v) is 6.43. The van der Waals surface area contributed by atoms with E-state index in [4.69, 9.17) is 0 Å². The summed E-state index contributed by atoms with van der Waals surface area (Å²) in [7, 11) is 0. The molecule has 0 atom stereocenters. The number of rotatable bonds is 5. The van der Waals surface area contributed by atoms with E-state index in [1.807, 2.05) is 6.07 Å². The summed E-state index contributed by atoms with van der Waals surface area (Å²) < 4.78 is 0. The highest BCUT2D eigenvalue weighted by Crippen LogP contribution is 2.34. The lowest BCUT2D eigenvalue weighted by molar-refractivity contribution is -0.0273. The Hall–Kier alpha value is -1.68. The molecule has 0 aromatic heterocycles.